The van der Waals surface area contributed by atoms with Gasteiger partial charge in [0, 0.05) is 11.1 Å². The number of anilines is 1. The lowest BCUT2D eigenvalue weighted by atomic mass is 10.1. The quantitative estimate of drug-likeness (QED) is 0.886. The monoisotopic (exact) mass is 306 g/mol. The molecule has 2 rings (SSSR count). The molecule has 0 fully saturated rings. The highest BCUT2D eigenvalue weighted by molar-refractivity contribution is 7.10. The number of carboxylic acid groups (broad SMARTS) is 1. The highest BCUT2D eigenvalue weighted by Gasteiger charge is 2.20. The van der Waals surface area contributed by atoms with E-state index in [1.807, 2.05) is 0 Å². The minimum atomic E-state index is -1.10. The molecule has 1 aromatic heterocycles. The van der Waals surface area contributed by atoms with E-state index in [0.717, 1.165) is 11.3 Å². The number of carbonyl (C=O) groups excluding carboxylic acids is 1. The zero-order valence-corrected chi connectivity index (χ0v) is 12.3. The molecule has 0 unspecified atom stereocenters. The van der Waals surface area contributed by atoms with Crippen LogP contribution in [0.2, 0.25) is 0 Å². The molecule has 0 saturated carbocycles. The minimum absolute atomic E-state index is 0.0425. The summed E-state index contributed by atoms with van der Waals surface area (Å²) in [5.41, 5.74) is 0.599. The highest BCUT2D eigenvalue weighted by Crippen LogP contribution is 2.22. The third-order valence-electron chi connectivity index (χ3n) is 2.86. The summed E-state index contributed by atoms with van der Waals surface area (Å²) in [6.45, 7) is 1.68. The molecule has 0 aliphatic rings. The van der Waals surface area contributed by atoms with Crippen LogP contribution >= 0.6 is 11.3 Å². The lowest BCUT2D eigenvalue weighted by Crippen LogP contribution is -2.18. The van der Waals surface area contributed by atoms with Crippen molar-refractivity contribution in [3.05, 3.63) is 40.3 Å². The zero-order chi connectivity index (χ0) is 15.4. The second-order valence-corrected chi connectivity index (χ2v) is 5.21. The molecule has 1 aromatic carbocycles. The lowest BCUT2D eigenvalue weighted by Gasteiger charge is -2.10. The number of nitrogens with zero attached hydrogens (tertiary/aromatic N) is 1. The smallest absolute Gasteiger partial charge is 0.355 e. The number of ether oxygens (including phenoxy) is 1. The fourth-order valence-corrected chi connectivity index (χ4v) is 2.47. The number of carboxylic acids is 1. The second-order valence-electron chi connectivity index (χ2n) is 4.32. The number of hydrogen-bond donors (Lipinski definition) is 2. The average molecular weight is 306 g/mol. The van der Waals surface area contributed by atoms with Crippen molar-refractivity contribution in [2.24, 2.45) is 0 Å². The van der Waals surface area contributed by atoms with Gasteiger partial charge >= 0.3 is 5.97 Å². The molecule has 2 N–H and O–H groups in total. The number of benzene rings is 1. The Kier molecular flexibility index (Phi) is 4.54. The van der Waals surface area contributed by atoms with Crippen LogP contribution in [0.25, 0.3) is 0 Å². The Balaban J connectivity index is 2.05. The topological polar surface area (TPSA) is 88.5 Å². The van der Waals surface area contributed by atoms with E-state index >= 15 is 0 Å². The normalized spacial score (nSPS) is 11.7. The van der Waals surface area contributed by atoms with Crippen LogP contribution in [0.15, 0.2) is 29.6 Å². The number of aromatic nitrogens is 1. The molecule has 1 amide bonds. The van der Waals surface area contributed by atoms with Gasteiger partial charge in [-0.1, -0.05) is 0 Å². The van der Waals surface area contributed by atoms with Crippen molar-refractivity contribution < 1.29 is 19.4 Å². The summed E-state index contributed by atoms with van der Waals surface area (Å²) in [7, 11) is 1.57. The van der Waals surface area contributed by atoms with E-state index in [2.05, 4.69) is 10.3 Å². The number of methoxy groups -OCH3 is 1. The molecular formula is C14H14N2O4S. The second kappa shape index (κ2) is 6.36. The van der Waals surface area contributed by atoms with Crippen molar-refractivity contribution in [2.45, 2.75) is 12.8 Å². The molecule has 0 saturated heterocycles. The first-order chi connectivity index (χ1) is 10.0. The first-order valence-corrected chi connectivity index (χ1v) is 7.03. The van der Waals surface area contributed by atoms with Crippen LogP contribution < -0.4 is 10.1 Å². The number of thiazole rings is 1. The summed E-state index contributed by atoms with van der Waals surface area (Å²) < 4.78 is 5.04. The largest absolute Gasteiger partial charge is 0.497 e. The Morgan fingerprint density at radius 3 is 2.52 bits per heavy atom. The van der Waals surface area contributed by atoms with Gasteiger partial charge in [0.2, 0.25) is 5.91 Å². The Morgan fingerprint density at radius 2 is 2.00 bits per heavy atom. The predicted molar refractivity (Wildman–Crippen MR) is 79.1 cm³/mol. The summed E-state index contributed by atoms with van der Waals surface area (Å²) in [6.07, 6.45) is 0. The van der Waals surface area contributed by atoms with E-state index in [1.54, 1.807) is 38.3 Å². The van der Waals surface area contributed by atoms with Gasteiger partial charge in [-0.2, -0.15) is 0 Å². The van der Waals surface area contributed by atoms with Crippen LogP contribution in [0.4, 0.5) is 5.69 Å². The molecule has 1 heterocycles. The van der Waals surface area contributed by atoms with E-state index in [9.17, 15) is 9.59 Å². The van der Waals surface area contributed by atoms with Gasteiger partial charge in [-0.15, -0.1) is 11.3 Å². The van der Waals surface area contributed by atoms with Gasteiger partial charge in [0.05, 0.1) is 13.0 Å². The van der Waals surface area contributed by atoms with Gasteiger partial charge in [-0.3, -0.25) is 4.79 Å². The molecular weight excluding hydrogens is 292 g/mol. The fraction of sp³-hybridized carbons (Fsp3) is 0.214. The molecule has 110 valence electrons. The lowest BCUT2D eigenvalue weighted by molar-refractivity contribution is -0.117. The molecule has 6 nitrogen and oxygen atoms in total. The third kappa shape index (κ3) is 3.57. The molecule has 0 radical (unpaired) electrons. The Labute approximate surface area is 125 Å². The molecule has 7 heteroatoms. The van der Waals surface area contributed by atoms with E-state index in [4.69, 9.17) is 9.84 Å². The molecule has 2 aromatic rings. The van der Waals surface area contributed by atoms with Gasteiger partial charge in [0.15, 0.2) is 5.69 Å². The molecule has 0 aliphatic heterocycles. The standard InChI is InChI=1S/C14H14N2O4S/c1-8(13-16-11(7-21-13)14(18)19)12(17)15-9-3-5-10(20-2)6-4-9/h3-8H,1-2H3,(H,15,17)(H,18,19)/t8-/m0/s1. The van der Waals surface area contributed by atoms with Gasteiger partial charge < -0.3 is 15.2 Å². The predicted octanol–water partition coefficient (Wildman–Crippen LogP) is 2.59. The number of carbonyl (C=O) groups is 2. The van der Waals surface area contributed by atoms with E-state index in [-0.39, 0.29) is 11.6 Å². The zero-order valence-electron chi connectivity index (χ0n) is 11.5. The van der Waals surface area contributed by atoms with Crippen LogP contribution in [-0.4, -0.2) is 29.1 Å². The van der Waals surface area contributed by atoms with Gasteiger partial charge in [0.25, 0.3) is 0 Å². The van der Waals surface area contributed by atoms with Crippen LogP contribution in [0.1, 0.15) is 28.3 Å². The Morgan fingerprint density at radius 1 is 1.33 bits per heavy atom. The van der Waals surface area contributed by atoms with Gasteiger partial charge in [-0.25, -0.2) is 9.78 Å². The number of amides is 1. The van der Waals surface area contributed by atoms with Crippen LogP contribution in [-0.2, 0) is 4.79 Å². The minimum Gasteiger partial charge on any atom is -0.497 e. The van der Waals surface area contributed by atoms with Crippen molar-refractivity contribution >= 4 is 28.9 Å². The summed E-state index contributed by atoms with van der Waals surface area (Å²) in [4.78, 5) is 26.9. The molecule has 21 heavy (non-hydrogen) atoms. The van der Waals surface area contributed by atoms with E-state index < -0.39 is 11.9 Å². The molecule has 1 atom stereocenters. The van der Waals surface area contributed by atoms with Crippen LogP contribution in [0, 0.1) is 0 Å². The first kappa shape index (κ1) is 15.0. The summed E-state index contributed by atoms with van der Waals surface area (Å²) in [6, 6.07) is 6.94. The fourth-order valence-electron chi connectivity index (χ4n) is 1.62. The Bertz CT molecular complexity index is 651. The maximum atomic E-state index is 12.1. The van der Waals surface area contributed by atoms with Gasteiger partial charge in [0.1, 0.15) is 10.8 Å². The maximum absolute atomic E-state index is 12.1. The van der Waals surface area contributed by atoms with Crippen molar-refractivity contribution in [2.75, 3.05) is 12.4 Å². The van der Waals surface area contributed by atoms with E-state index in [1.165, 1.54) is 5.38 Å². The SMILES string of the molecule is COc1ccc(NC(=O)[C@H](C)c2nc(C(=O)O)cs2)cc1. The van der Waals surface area contributed by atoms with Crippen molar-refractivity contribution in [1.29, 1.82) is 0 Å². The highest BCUT2D eigenvalue weighted by atomic mass is 32.1. The van der Waals surface area contributed by atoms with Crippen LogP contribution in [0.3, 0.4) is 0 Å². The number of nitrogens with one attached hydrogen (secondary N) is 1. The molecule has 0 spiro atoms. The van der Waals surface area contributed by atoms with Crippen molar-refractivity contribution in [1.82, 2.24) is 4.98 Å². The Hall–Kier alpha value is -2.41. The summed E-state index contributed by atoms with van der Waals surface area (Å²) >= 11 is 1.16. The average Bonchev–Trinajstić information content (AvgIpc) is 2.97. The molecule has 0 aliphatic carbocycles. The van der Waals surface area contributed by atoms with Crippen molar-refractivity contribution in [3.8, 4) is 5.75 Å². The van der Waals surface area contributed by atoms with E-state index in [0.29, 0.717) is 16.4 Å². The number of hydrogen-bond acceptors (Lipinski definition) is 5. The number of rotatable bonds is 5. The van der Waals surface area contributed by atoms with Crippen LogP contribution in [0.5, 0.6) is 5.75 Å². The molecule has 0 bridgehead atoms. The van der Waals surface area contributed by atoms with Gasteiger partial charge in [-0.05, 0) is 31.2 Å². The number of aromatic carboxylic acids is 1. The van der Waals surface area contributed by atoms with Crippen molar-refractivity contribution in [3.63, 3.8) is 0 Å². The third-order valence-corrected chi connectivity index (χ3v) is 3.89. The summed E-state index contributed by atoms with van der Waals surface area (Å²) in [5.74, 6) is -1.16. The first-order valence-electron chi connectivity index (χ1n) is 6.15. The maximum Gasteiger partial charge on any atom is 0.355 e. The summed E-state index contributed by atoms with van der Waals surface area (Å²) in [5, 5.41) is 13.5.